The lowest BCUT2D eigenvalue weighted by Crippen LogP contribution is -2.48. The number of pyridine rings is 1. The molecule has 20 heavy (non-hydrogen) atoms. The summed E-state index contributed by atoms with van der Waals surface area (Å²) in [4.78, 5) is 6.83. The van der Waals surface area contributed by atoms with Gasteiger partial charge in [0.25, 0.3) is 0 Å². The molecule has 2 nitrogen and oxygen atoms in total. The topological polar surface area (TPSA) is 16.1 Å². The number of hydrogen-bond donors (Lipinski definition) is 0. The molecule has 2 fully saturated rings. The van der Waals surface area contributed by atoms with Gasteiger partial charge in [-0.2, -0.15) is 0 Å². The van der Waals surface area contributed by atoms with E-state index in [0.29, 0.717) is 0 Å². The number of benzene rings is 1. The summed E-state index contributed by atoms with van der Waals surface area (Å²) < 4.78 is 0. The van der Waals surface area contributed by atoms with Gasteiger partial charge < -0.3 is 0 Å². The molecule has 4 rings (SSSR count). The van der Waals surface area contributed by atoms with Crippen molar-refractivity contribution in [3.05, 3.63) is 42.2 Å². The molecular formula is C18H22N2. The molecule has 1 aromatic heterocycles. The van der Waals surface area contributed by atoms with Crippen LogP contribution < -0.4 is 0 Å². The summed E-state index contributed by atoms with van der Waals surface area (Å²) in [6, 6.07) is 8.74. The van der Waals surface area contributed by atoms with Crippen LogP contribution in [0.2, 0.25) is 0 Å². The van der Waals surface area contributed by atoms with Gasteiger partial charge in [0.05, 0.1) is 0 Å². The smallest absolute Gasteiger partial charge is 0.0346 e. The molecule has 0 radical (unpaired) electrons. The van der Waals surface area contributed by atoms with E-state index in [1.165, 1.54) is 55.1 Å². The molecule has 1 aromatic carbocycles. The highest BCUT2D eigenvalue weighted by atomic mass is 15.2. The van der Waals surface area contributed by atoms with Crippen LogP contribution in [0.4, 0.5) is 0 Å². The van der Waals surface area contributed by atoms with E-state index in [1.807, 2.05) is 12.4 Å². The van der Waals surface area contributed by atoms with Crippen molar-refractivity contribution in [3.8, 4) is 0 Å². The Bertz CT molecular complexity index is 590. The van der Waals surface area contributed by atoms with Gasteiger partial charge in [-0.05, 0) is 28.9 Å². The van der Waals surface area contributed by atoms with Crippen LogP contribution in [0.15, 0.2) is 36.7 Å². The lowest BCUT2D eigenvalue weighted by Gasteiger charge is -2.42. The van der Waals surface area contributed by atoms with Crippen molar-refractivity contribution < 1.29 is 0 Å². The highest BCUT2D eigenvalue weighted by molar-refractivity contribution is 5.84. The minimum Gasteiger partial charge on any atom is -0.298 e. The maximum atomic E-state index is 4.22. The van der Waals surface area contributed by atoms with Crippen LogP contribution in [-0.2, 0) is 6.54 Å². The Balaban J connectivity index is 1.44. The zero-order valence-electron chi connectivity index (χ0n) is 12.0. The summed E-state index contributed by atoms with van der Waals surface area (Å²) in [5, 5.41) is 2.63. The van der Waals surface area contributed by atoms with Crippen molar-refractivity contribution >= 4 is 10.8 Å². The Morgan fingerprint density at radius 2 is 1.90 bits per heavy atom. The van der Waals surface area contributed by atoms with E-state index in [9.17, 15) is 0 Å². The van der Waals surface area contributed by atoms with E-state index in [1.54, 1.807) is 0 Å². The molecule has 2 heteroatoms. The van der Waals surface area contributed by atoms with Gasteiger partial charge in [0, 0.05) is 37.4 Å². The molecule has 104 valence electrons. The molecule has 0 spiro atoms. The summed E-state index contributed by atoms with van der Waals surface area (Å²) in [7, 11) is 0. The summed E-state index contributed by atoms with van der Waals surface area (Å²) >= 11 is 0. The van der Waals surface area contributed by atoms with Crippen LogP contribution in [-0.4, -0.2) is 23.0 Å². The number of rotatable bonds is 3. The second kappa shape index (κ2) is 5.17. The lowest BCUT2D eigenvalue weighted by molar-refractivity contribution is 0.0525. The van der Waals surface area contributed by atoms with Crippen molar-refractivity contribution in [2.75, 3.05) is 13.1 Å². The largest absolute Gasteiger partial charge is 0.298 e. The molecule has 0 atom stereocenters. The van der Waals surface area contributed by atoms with Crippen LogP contribution in [0.3, 0.4) is 0 Å². The average molecular weight is 266 g/mol. The van der Waals surface area contributed by atoms with E-state index >= 15 is 0 Å². The first kappa shape index (κ1) is 12.3. The van der Waals surface area contributed by atoms with E-state index in [2.05, 4.69) is 34.1 Å². The third-order valence-electron chi connectivity index (χ3n) is 5.22. The first-order valence-corrected chi connectivity index (χ1v) is 7.94. The zero-order valence-corrected chi connectivity index (χ0v) is 12.0. The molecule has 0 unspecified atom stereocenters. The van der Waals surface area contributed by atoms with Crippen molar-refractivity contribution in [1.29, 1.82) is 0 Å². The van der Waals surface area contributed by atoms with E-state index in [4.69, 9.17) is 0 Å². The van der Waals surface area contributed by atoms with Crippen molar-refractivity contribution in [2.45, 2.75) is 32.2 Å². The molecule has 2 heterocycles. The normalized spacial score (nSPS) is 21.4. The van der Waals surface area contributed by atoms with E-state index in [0.717, 1.165) is 18.4 Å². The minimum absolute atomic E-state index is 0.981. The summed E-state index contributed by atoms with van der Waals surface area (Å²) in [6.45, 7) is 3.73. The first-order chi connectivity index (χ1) is 9.90. The van der Waals surface area contributed by atoms with Gasteiger partial charge in [-0.15, -0.1) is 0 Å². The zero-order chi connectivity index (χ0) is 13.4. The van der Waals surface area contributed by atoms with Gasteiger partial charge in [0.1, 0.15) is 0 Å². The molecular weight excluding hydrogens is 244 g/mol. The highest BCUT2D eigenvalue weighted by Crippen LogP contribution is 2.37. The molecule has 0 amide bonds. The fraction of sp³-hybridized carbons (Fsp3) is 0.500. The number of nitrogens with zero attached hydrogens (tertiary/aromatic N) is 2. The maximum absolute atomic E-state index is 4.22. The van der Waals surface area contributed by atoms with Crippen molar-refractivity contribution in [1.82, 2.24) is 9.88 Å². The molecule has 1 saturated heterocycles. The second-order valence-electron chi connectivity index (χ2n) is 6.51. The highest BCUT2D eigenvalue weighted by Gasteiger charge is 2.34. The van der Waals surface area contributed by atoms with Gasteiger partial charge in [-0.3, -0.25) is 9.88 Å². The quantitative estimate of drug-likeness (QED) is 0.838. The van der Waals surface area contributed by atoms with E-state index in [-0.39, 0.29) is 0 Å². The maximum Gasteiger partial charge on any atom is 0.0346 e. The van der Waals surface area contributed by atoms with Gasteiger partial charge in [0.2, 0.25) is 0 Å². The SMILES string of the molecule is c1cc(CN2CC(C3CCCC3)C2)c2ccncc2c1. The van der Waals surface area contributed by atoms with Gasteiger partial charge >= 0.3 is 0 Å². The Morgan fingerprint density at radius 1 is 1.05 bits per heavy atom. The number of hydrogen-bond acceptors (Lipinski definition) is 2. The minimum atomic E-state index is 0.981. The molecule has 1 aliphatic heterocycles. The van der Waals surface area contributed by atoms with Crippen LogP contribution >= 0.6 is 0 Å². The van der Waals surface area contributed by atoms with Crippen LogP contribution in [0, 0.1) is 11.8 Å². The molecule has 0 bridgehead atoms. The number of likely N-dealkylation sites (tertiary alicyclic amines) is 1. The Kier molecular flexibility index (Phi) is 3.19. The van der Waals surface area contributed by atoms with E-state index < -0.39 is 0 Å². The Hall–Kier alpha value is -1.41. The predicted octanol–water partition coefficient (Wildman–Crippen LogP) is 3.86. The third-order valence-corrected chi connectivity index (χ3v) is 5.22. The Morgan fingerprint density at radius 3 is 2.75 bits per heavy atom. The summed E-state index contributed by atoms with van der Waals surface area (Å²) in [5.41, 5.74) is 1.45. The van der Waals surface area contributed by atoms with Gasteiger partial charge in [-0.1, -0.05) is 43.9 Å². The van der Waals surface area contributed by atoms with Crippen LogP contribution in [0.1, 0.15) is 31.2 Å². The standard InChI is InChI=1S/C18H22N2/c1-2-5-14(4-1)17-12-20(13-17)11-16-7-3-6-15-10-19-9-8-18(15)16/h3,6-10,14,17H,1-2,4-5,11-13H2. The van der Waals surface area contributed by atoms with Crippen molar-refractivity contribution in [3.63, 3.8) is 0 Å². The molecule has 1 aliphatic carbocycles. The molecule has 2 aromatic rings. The van der Waals surface area contributed by atoms with Crippen molar-refractivity contribution in [2.24, 2.45) is 11.8 Å². The summed E-state index contributed by atoms with van der Waals surface area (Å²) in [6.07, 6.45) is 9.78. The number of aromatic nitrogens is 1. The third kappa shape index (κ3) is 2.22. The van der Waals surface area contributed by atoms with Gasteiger partial charge in [-0.25, -0.2) is 0 Å². The summed E-state index contributed by atoms with van der Waals surface area (Å²) in [5.74, 6) is 2.01. The van der Waals surface area contributed by atoms with Crippen LogP contribution in [0.5, 0.6) is 0 Å². The fourth-order valence-electron chi connectivity index (χ4n) is 4.03. The van der Waals surface area contributed by atoms with Gasteiger partial charge in [0.15, 0.2) is 0 Å². The predicted molar refractivity (Wildman–Crippen MR) is 82.5 cm³/mol. The number of fused-ring (bicyclic) bond motifs is 1. The van der Waals surface area contributed by atoms with Crippen LogP contribution in [0.25, 0.3) is 10.8 Å². The Labute approximate surface area is 120 Å². The lowest BCUT2D eigenvalue weighted by atomic mass is 9.84. The molecule has 0 N–H and O–H groups in total. The molecule has 2 aliphatic rings. The monoisotopic (exact) mass is 266 g/mol. The fourth-order valence-corrected chi connectivity index (χ4v) is 4.03. The second-order valence-corrected chi connectivity index (χ2v) is 6.51. The molecule has 1 saturated carbocycles. The first-order valence-electron chi connectivity index (χ1n) is 7.94. The average Bonchev–Trinajstić information content (AvgIpc) is 2.96.